The summed E-state index contributed by atoms with van der Waals surface area (Å²) in [5.74, 6) is 1.15. The summed E-state index contributed by atoms with van der Waals surface area (Å²) < 4.78 is 15.8. The number of hydrogen-bond acceptors (Lipinski definition) is 5. The van der Waals surface area contributed by atoms with E-state index < -0.39 is 0 Å². The van der Waals surface area contributed by atoms with Crippen molar-refractivity contribution in [2.24, 2.45) is 0 Å². The van der Waals surface area contributed by atoms with Gasteiger partial charge in [0.25, 0.3) is 5.91 Å². The zero-order valence-corrected chi connectivity index (χ0v) is 15.7. The number of benzene rings is 2. The quantitative estimate of drug-likeness (QED) is 0.701. The fourth-order valence-corrected chi connectivity index (χ4v) is 2.27. The Kier molecular flexibility index (Phi) is 7.49. The van der Waals surface area contributed by atoms with Crippen LogP contribution in [0.5, 0.6) is 17.2 Å². The molecule has 7 nitrogen and oxygen atoms in total. The molecule has 0 unspecified atom stereocenters. The predicted octanol–water partition coefficient (Wildman–Crippen LogP) is 1.82. The summed E-state index contributed by atoms with van der Waals surface area (Å²) in [7, 11) is 3.11. The zero-order valence-electron chi connectivity index (χ0n) is 15.7. The van der Waals surface area contributed by atoms with Crippen LogP contribution in [-0.2, 0) is 16.1 Å². The smallest absolute Gasteiger partial charge is 0.258 e. The lowest BCUT2D eigenvalue weighted by Gasteiger charge is -2.11. The van der Waals surface area contributed by atoms with Gasteiger partial charge in [-0.1, -0.05) is 23.8 Å². The van der Waals surface area contributed by atoms with Gasteiger partial charge in [0, 0.05) is 6.54 Å². The standard InChI is InChI=1S/C20H24N2O5/c1-14-4-7-16(8-5-14)27-13-20(24)22-12-19(23)21-11-15-6-9-17(25-2)18(10-15)26-3/h4-10H,11-13H2,1-3H3,(H,21,23)(H,22,24). The Morgan fingerprint density at radius 1 is 0.889 bits per heavy atom. The third-order valence-corrected chi connectivity index (χ3v) is 3.77. The van der Waals surface area contributed by atoms with Gasteiger partial charge in [0.2, 0.25) is 5.91 Å². The Balaban J connectivity index is 1.71. The SMILES string of the molecule is COc1ccc(CNC(=O)CNC(=O)COc2ccc(C)cc2)cc1OC. The first kappa shape index (κ1) is 20.1. The summed E-state index contributed by atoms with van der Waals surface area (Å²) in [4.78, 5) is 23.7. The average Bonchev–Trinajstić information content (AvgIpc) is 2.69. The highest BCUT2D eigenvalue weighted by Crippen LogP contribution is 2.27. The molecule has 2 amide bonds. The second kappa shape index (κ2) is 10.1. The lowest BCUT2D eigenvalue weighted by Crippen LogP contribution is -2.38. The van der Waals surface area contributed by atoms with Crippen LogP contribution >= 0.6 is 0 Å². The van der Waals surface area contributed by atoms with Crippen LogP contribution in [0, 0.1) is 6.92 Å². The maximum absolute atomic E-state index is 11.9. The van der Waals surface area contributed by atoms with Gasteiger partial charge in [-0.25, -0.2) is 0 Å². The minimum Gasteiger partial charge on any atom is -0.493 e. The van der Waals surface area contributed by atoms with Crippen LogP contribution in [0.25, 0.3) is 0 Å². The van der Waals surface area contributed by atoms with Crippen molar-refractivity contribution in [3.63, 3.8) is 0 Å². The molecule has 0 fully saturated rings. The molecule has 0 spiro atoms. The monoisotopic (exact) mass is 372 g/mol. The average molecular weight is 372 g/mol. The first-order valence-corrected chi connectivity index (χ1v) is 8.45. The van der Waals surface area contributed by atoms with E-state index in [4.69, 9.17) is 14.2 Å². The van der Waals surface area contributed by atoms with Gasteiger partial charge in [-0.2, -0.15) is 0 Å². The van der Waals surface area contributed by atoms with Crippen molar-refractivity contribution < 1.29 is 23.8 Å². The fourth-order valence-electron chi connectivity index (χ4n) is 2.27. The minimum absolute atomic E-state index is 0.122. The first-order chi connectivity index (χ1) is 13.0. The molecular formula is C20H24N2O5. The summed E-state index contributed by atoms with van der Waals surface area (Å²) in [6.45, 7) is 2.02. The van der Waals surface area contributed by atoms with E-state index in [9.17, 15) is 9.59 Å². The van der Waals surface area contributed by atoms with Gasteiger partial charge in [0.1, 0.15) is 5.75 Å². The zero-order chi connectivity index (χ0) is 19.6. The number of hydrogen-bond donors (Lipinski definition) is 2. The van der Waals surface area contributed by atoms with Crippen molar-refractivity contribution in [3.05, 3.63) is 53.6 Å². The molecule has 0 saturated heterocycles. The van der Waals surface area contributed by atoms with Crippen molar-refractivity contribution in [3.8, 4) is 17.2 Å². The van der Waals surface area contributed by atoms with Crippen molar-refractivity contribution in [1.29, 1.82) is 0 Å². The van der Waals surface area contributed by atoms with Crippen LogP contribution in [-0.4, -0.2) is 39.2 Å². The highest BCUT2D eigenvalue weighted by Gasteiger charge is 2.08. The molecule has 0 radical (unpaired) electrons. The van der Waals surface area contributed by atoms with E-state index in [2.05, 4.69) is 10.6 Å². The lowest BCUT2D eigenvalue weighted by molar-refractivity contribution is -0.127. The van der Waals surface area contributed by atoms with Crippen LogP contribution in [0.4, 0.5) is 0 Å². The Labute approximate surface area is 158 Å². The van der Waals surface area contributed by atoms with Crippen molar-refractivity contribution >= 4 is 11.8 Å². The molecule has 0 atom stereocenters. The number of methoxy groups -OCH3 is 2. The number of ether oxygens (including phenoxy) is 3. The number of carbonyl (C=O) groups is 2. The van der Waals surface area contributed by atoms with Crippen LogP contribution in [0.3, 0.4) is 0 Å². The predicted molar refractivity (Wildman–Crippen MR) is 101 cm³/mol. The van der Waals surface area contributed by atoms with Gasteiger partial charge in [-0.05, 0) is 36.8 Å². The fraction of sp³-hybridized carbons (Fsp3) is 0.300. The second-order valence-corrected chi connectivity index (χ2v) is 5.84. The molecule has 2 aromatic rings. The van der Waals surface area contributed by atoms with Crippen molar-refractivity contribution in [1.82, 2.24) is 10.6 Å². The molecule has 27 heavy (non-hydrogen) atoms. The van der Waals surface area contributed by atoms with E-state index in [-0.39, 0.29) is 25.0 Å². The largest absolute Gasteiger partial charge is 0.493 e. The van der Waals surface area contributed by atoms with Crippen LogP contribution < -0.4 is 24.8 Å². The maximum Gasteiger partial charge on any atom is 0.258 e. The molecule has 144 valence electrons. The molecular weight excluding hydrogens is 348 g/mol. The minimum atomic E-state index is -0.364. The van der Waals surface area contributed by atoms with Gasteiger partial charge < -0.3 is 24.8 Å². The van der Waals surface area contributed by atoms with Gasteiger partial charge in [-0.15, -0.1) is 0 Å². The van der Waals surface area contributed by atoms with Gasteiger partial charge in [0.05, 0.1) is 20.8 Å². The Hall–Kier alpha value is -3.22. The molecule has 0 heterocycles. The molecule has 0 aliphatic carbocycles. The summed E-state index contributed by atoms with van der Waals surface area (Å²) in [5.41, 5.74) is 1.97. The van der Waals surface area contributed by atoms with Crippen molar-refractivity contribution in [2.75, 3.05) is 27.4 Å². The molecule has 7 heteroatoms. The lowest BCUT2D eigenvalue weighted by atomic mass is 10.2. The molecule has 0 aliphatic rings. The van der Waals surface area contributed by atoms with Gasteiger partial charge in [0.15, 0.2) is 18.1 Å². The van der Waals surface area contributed by atoms with Crippen LogP contribution in [0.1, 0.15) is 11.1 Å². The summed E-state index contributed by atoms with van der Waals surface area (Å²) in [6.07, 6.45) is 0. The van der Waals surface area contributed by atoms with E-state index in [1.807, 2.05) is 25.1 Å². The molecule has 2 rings (SSSR count). The summed E-state index contributed by atoms with van der Waals surface area (Å²) in [6, 6.07) is 12.8. The first-order valence-electron chi connectivity index (χ1n) is 8.45. The topological polar surface area (TPSA) is 85.9 Å². The number of carbonyl (C=O) groups excluding carboxylic acids is 2. The van der Waals surface area contributed by atoms with E-state index >= 15 is 0 Å². The molecule has 2 N–H and O–H groups in total. The summed E-state index contributed by atoms with van der Waals surface area (Å²) in [5, 5.41) is 5.25. The Morgan fingerprint density at radius 2 is 1.59 bits per heavy atom. The van der Waals surface area contributed by atoms with E-state index in [1.165, 1.54) is 0 Å². The number of aryl methyl sites for hydroxylation is 1. The summed E-state index contributed by atoms with van der Waals surface area (Å²) >= 11 is 0. The van der Waals surface area contributed by atoms with Crippen LogP contribution in [0.2, 0.25) is 0 Å². The highest BCUT2D eigenvalue weighted by atomic mass is 16.5. The van der Waals surface area contributed by atoms with Gasteiger partial charge in [-0.3, -0.25) is 9.59 Å². The highest BCUT2D eigenvalue weighted by molar-refractivity contribution is 5.85. The number of rotatable bonds is 9. The third-order valence-electron chi connectivity index (χ3n) is 3.77. The molecule has 0 saturated carbocycles. The van der Waals surface area contributed by atoms with E-state index in [0.29, 0.717) is 23.8 Å². The van der Waals surface area contributed by atoms with E-state index in [0.717, 1.165) is 11.1 Å². The van der Waals surface area contributed by atoms with Crippen molar-refractivity contribution in [2.45, 2.75) is 13.5 Å². The molecule has 0 aromatic heterocycles. The molecule has 0 bridgehead atoms. The Morgan fingerprint density at radius 3 is 2.26 bits per heavy atom. The molecule has 2 aromatic carbocycles. The van der Waals surface area contributed by atoms with Gasteiger partial charge >= 0.3 is 0 Å². The van der Waals surface area contributed by atoms with Crippen LogP contribution in [0.15, 0.2) is 42.5 Å². The normalized spacial score (nSPS) is 10.0. The molecule has 0 aliphatic heterocycles. The van der Waals surface area contributed by atoms with E-state index in [1.54, 1.807) is 38.5 Å². The second-order valence-electron chi connectivity index (χ2n) is 5.84. The number of amides is 2. The Bertz CT molecular complexity index is 774. The maximum atomic E-state index is 11.9. The number of nitrogens with one attached hydrogen (secondary N) is 2. The third kappa shape index (κ3) is 6.54.